The Hall–Kier alpha value is -1.35. The predicted molar refractivity (Wildman–Crippen MR) is 71.5 cm³/mol. The molecular formula is C15H22O3. The number of carboxylic acid groups (broad SMARTS) is 1. The van der Waals surface area contributed by atoms with Gasteiger partial charge < -0.3 is 10.2 Å². The van der Waals surface area contributed by atoms with Crippen molar-refractivity contribution in [2.45, 2.75) is 40.2 Å². The van der Waals surface area contributed by atoms with Gasteiger partial charge in [0.15, 0.2) is 0 Å². The van der Waals surface area contributed by atoms with E-state index >= 15 is 0 Å². The molecule has 0 heterocycles. The zero-order chi connectivity index (χ0) is 14.1. The molecule has 0 bridgehead atoms. The average molecular weight is 250 g/mol. The van der Waals surface area contributed by atoms with Crippen LogP contribution in [0.1, 0.15) is 37.5 Å². The number of hydrogen-bond acceptors (Lipinski definition) is 2. The largest absolute Gasteiger partial charge is 0.481 e. The van der Waals surface area contributed by atoms with Crippen molar-refractivity contribution in [2.75, 3.05) is 0 Å². The molecule has 0 amide bonds. The first kappa shape index (κ1) is 14.7. The van der Waals surface area contributed by atoms with Crippen molar-refractivity contribution >= 4 is 5.97 Å². The summed E-state index contributed by atoms with van der Waals surface area (Å²) >= 11 is 0. The number of carboxylic acids is 1. The SMILES string of the molecule is Cc1cc(C)cc(C(C)(O)C(C(=O)O)C(C)C)c1. The van der Waals surface area contributed by atoms with Crippen LogP contribution in [0, 0.1) is 25.7 Å². The molecule has 1 aromatic carbocycles. The van der Waals surface area contributed by atoms with Crippen LogP contribution in [0.4, 0.5) is 0 Å². The average Bonchev–Trinajstić information content (AvgIpc) is 2.13. The van der Waals surface area contributed by atoms with Crippen LogP contribution in [0.25, 0.3) is 0 Å². The number of aliphatic hydroxyl groups is 1. The van der Waals surface area contributed by atoms with Gasteiger partial charge in [-0.1, -0.05) is 43.2 Å². The molecule has 1 aromatic rings. The summed E-state index contributed by atoms with van der Waals surface area (Å²) in [5.41, 5.74) is 1.36. The zero-order valence-electron chi connectivity index (χ0n) is 11.7. The van der Waals surface area contributed by atoms with Gasteiger partial charge in [0.25, 0.3) is 0 Å². The van der Waals surface area contributed by atoms with Crippen LogP contribution >= 0.6 is 0 Å². The second-order valence-electron chi connectivity index (χ2n) is 5.58. The third-order valence-electron chi connectivity index (χ3n) is 3.34. The summed E-state index contributed by atoms with van der Waals surface area (Å²) in [6, 6.07) is 5.71. The van der Waals surface area contributed by atoms with Crippen LogP contribution in [0.3, 0.4) is 0 Å². The van der Waals surface area contributed by atoms with Crippen molar-refractivity contribution in [3.05, 3.63) is 34.9 Å². The summed E-state index contributed by atoms with van der Waals surface area (Å²) in [5.74, 6) is -1.92. The molecule has 0 aliphatic heterocycles. The highest BCUT2D eigenvalue weighted by Crippen LogP contribution is 2.35. The monoisotopic (exact) mass is 250 g/mol. The van der Waals surface area contributed by atoms with Gasteiger partial charge in [-0.05, 0) is 32.3 Å². The Kier molecular flexibility index (Phi) is 4.17. The molecule has 2 unspecified atom stereocenters. The van der Waals surface area contributed by atoms with Gasteiger partial charge in [-0.2, -0.15) is 0 Å². The fraction of sp³-hybridized carbons (Fsp3) is 0.533. The molecule has 0 saturated heterocycles. The van der Waals surface area contributed by atoms with E-state index in [0.29, 0.717) is 5.56 Å². The van der Waals surface area contributed by atoms with Crippen LogP contribution in [0.15, 0.2) is 18.2 Å². The molecule has 0 aliphatic carbocycles. The molecule has 0 radical (unpaired) electrons. The number of rotatable bonds is 4. The first-order chi connectivity index (χ1) is 8.16. The summed E-state index contributed by atoms with van der Waals surface area (Å²) in [4.78, 5) is 11.4. The molecule has 0 aromatic heterocycles. The van der Waals surface area contributed by atoms with Crippen molar-refractivity contribution < 1.29 is 15.0 Å². The molecule has 0 aliphatic rings. The Balaban J connectivity index is 3.29. The van der Waals surface area contributed by atoms with E-state index in [1.807, 2.05) is 45.9 Å². The minimum atomic E-state index is -1.36. The lowest BCUT2D eigenvalue weighted by atomic mass is 9.76. The van der Waals surface area contributed by atoms with Gasteiger partial charge in [-0.15, -0.1) is 0 Å². The Morgan fingerprint density at radius 2 is 1.61 bits per heavy atom. The molecule has 18 heavy (non-hydrogen) atoms. The van der Waals surface area contributed by atoms with Gasteiger partial charge in [0, 0.05) is 0 Å². The minimum absolute atomic E-state index is 0.140. The fourth-order valence-corrected chi connectivity index (χ4v) is 2.62. The van der Waals surface area contributed by atoms with Crippen LogP contribution in [-0.2, 0) is 10.4 Å². The van der Waals surface area contributed by atoms with Gasteiger partial charge in [0.2, 0.25) is 0 Å². The third-order valence-corrected chi connectivity index (χ3v) is 3.34. The normalized spacial score (nSPS) is 16.4. The van der Waals surface area contributed by atoms with Gasteiger partial charge in [0.05, 0.1) is 5.92 Å². The van der Waals surface area contributed by atoms with Crippen molar-refractivity contribution in [1.29, 1.82) is 0 Å². The first-order valence-electron chi connectivity index (χ1n) is 6.20. The Labute approximate surface area is 108 Å². The van der Waals surface area contributed by atoms with E-state index in [4.69, 9.17) is 0 Å². The van der Waals surface area contributed by atoms with Crippen LogP contribution in [0.5, 0.6) is 0 Å². The number of aliphatic carboxylic acids is 1. The predicted octanol–water partition coefficient (Wildman–Crippen LogP) is 2.87. The maximum atomic E-state index is 11.4. The first-order valence-corrected chi connectivity index (χ1v) is 6.20. The van der Waals surface area contributed by atoms with Crippen molar-refractivity contribution in [3.63, 3.8) is 0 Å². The lowest BCUT2D eigenvalue weighted by Gasteiger charge is -2.33. The van der Waals surface area contributed by atoms with E-state index in [2.05, 4.69) is 0 Å². The van der Waals surface area contributed by atoms with Crippen LogP contribution < -0.4 is 0 Å². The highest BCUT2D eigenvalue weighted by Gasteiger charge is 2.41. The lowest BCUT2D eigenvalue weighted by molar-refractivity contribution is -0.155. The summed E-state index contributed by atoms with van der Waals surface area (Å²) in [6.07, 6.45) is 0. The maximum absolute atomic E-state index is 11.4. The second-order valence-corrected chi connectivity index (χ2v) is 5.58. The van der Waals surface area contributed by atoms with E-state index in [9.17, 15) is 15.0 Å². The summed E-state index contributed by atoms with van der Waals surface area (Å²) in [6.45, 7) is 9.10. The molecule has 0 spiro atoms. The minimum Gasteiger partial charge on any atom is -0.481 e. The molecular weight excluding hydrogens is 228 g/mol. The topological polar surface area (TPSA) is 57.5 Å². The van der Waals surface area contributed by atoms with E-state index in [1.165, 1.54) is 0 Å². The fourth-order valence-electron chi connectivity index (χ4n) is 2.62. The van der Waals surface area contributed by atoms with Crippen molar-refractivity contribution in [2.24, 2.45) is 11.8 Å². The second kappa shape index (κ2) is 5.11. The summed E-state index contributed by atoms with van der Waals surface area (Å²) in [5, 5.41) is 20.0. The quantitative estimate of drug-likeness (QED) is 0.864. The summed E-state index contributed by atoms with van der Waals surface area (Å²) < 4.78 is 0. The Bertz CT molecular complexity index is 427. The molecule has 0 saturated carbocycles. The van der Waals surface area contributed by atoms with E-state index in [-0.39, 0.29) is 5.92 Å². The Morgan fingerprint density at radius 1 is 1.17 bits per heavy atom. The van der Waals surface area contributed by atoms with Gasteiger partial charge in [0.1, 0.15) is 5.60 Å². The molecule has 0 fully saturated rings. The molecule has 100 valence electrons. The van der Waals surface area contributed by atoms with Gasteiger partial charge in [-0.25, -0.2) is 0 Å². The standard InChI is InChI=1S/C15H22O3/c1-9(2)13(14(16)17)15(5,18)12-7-10(3)6-11(4)8-12/h6-9,13,18H,1-5H3,(H,16,17). The van der Waals surface area contributed by atoms with Gasteiger partial charge in [-0.3, -0.25) is 4.79 Å². The maximum Gasteiger partial charge on any atom is 0.310 e. The molecule has 1 rings (SSSR count). The third kappa shape index (κ3) is 2.91. The van der Waals surface area contributed by atoms with Crippen molar-refractivity contribution in [1.82, 2.24) is 0 Å². The van der Waals surface area contributed by atoms with Gasteiger partial charge >= 0.3 is 5.97 Å². The molecule has 3 nitrogen and oxygen atoms in total. The van der Waals surface area contributed by atoms with E-state index in [0.717, 1.165) is 11.1 Å². The Morgan fingerprint density at radius 3 is 1.94 bits per heavy atom. The van der Waals surface area contributed by atoms with E-state index < -0.39 is 17.5 Å². The smallest absolute Gasteiger partial charge is 0.310 e. The number of benzene rings is 1. The number of aryl methyl sites for hydroxylation is 2. The summed E-state index contributed by atoms with van der Waals surface area (Å²) in [7, 11) is 0. The molecule has 3 heteroatoms. The van der Waals surface area contributed by atoms with Crippen molar-refractivity contribution in [3.8, 4) is 0 Å². The lowest BCUT2D eigenvalue weighted by Crippen LogP contribution is -2.40. The van der Waals surface area contributed by atoms with Crippen LogP contribution in [0.2, 0.25) is 0 Å². The zero-order valence-corrected chi connectivity index (χ0v) is 11.7. The highest BCUT2D eigenvalue weighted by atomic mass is 16.4. The number of hydrogen-bond donors (Lipinski definition) is 2. The van der Waals surface area contributed by atoms with E-state index in [1.54, 1.807) is 6.92 Å². The highest BCUT2D eigenvalue weighted by molar-refractivity contribution is 5.72. The molecule has 2 atom stereocenters. The number of carbonyl (C=O) groups is 1. The molecule has 2 N–H and O–H groups in total. The van der Waals surface area contributed by atoms with Crippen LogP contribution in [-0.4, -0.2) is 16.2 Å².